The minimum absolute atomic E-state index is 0. The van der Waals surface area contributed by atoms with Crippen molar-refractivity contribution in [3.05, 3.63) is 28.5 Å². The number of sulfonamides is 1. The second-order valence-electron chi connectivity index (χ2n) is 5.18. The van der Waals surface area contributed by atoms with Crippen molar-refractivity contribution in [3.63, 3.8) is 0 Å². The monoisotopic (exact) mass is 386 g/mol. The third-order valence-electron chi connectivity index (χ3n) is 3.53. The van der Waals surface area contributed by atoms with E-state index in [9.17, 15) is 12.8 Å². The lowest BCUT2D eigenvalue weighted by atomic mass is 9.90. The molecule has 1 heterocycles. The van der Waals surface area contributed by atoms with Crippen LogP contribution in [0.1, 0.15) is 13.3 Å². The molecule has 1 aliphatic rings. The molecule has 0 aromatic heterocycles. The summed E-state index contributed by atoms with van der Waals surface area (Å²) in [5.74, 6) is -0.732. The van der Waals surface area contributed by atoms with Gasteiger partial charge in [-0.25, -0.2) is 12.8 Å². The predicted octanol–water partition coefficient (Wildman–Crippen LogP) is 2.37. The highest BCUT2D eigenvalue weighted by atomic mass is 79.9. The smallest absolute Gasteiger partial charge is 0.246 e. The van der Waals surface area contributed by atoms with Gasteiger partial charge in [0.05, 0.1) is 0 Å². The quantitative estimate of drug-likeness (QED) is 0.866. The Morgan fingerprint density at radius 1 is 1.50 bits per heavy atom. The molecule has 1 unspecified atom stereocenters. The Labute approximate surface area is 133 Å². The lowest BCUT2D eigenvalue weighted by molar-refractivity contribution is 0.349. The molecule has 1 aromatic rings. The zero-order valence-corrected chi connectivity index (χ0v) is 14.2. The molecule has 2 rings (SSSR count). The van der Waals surface area contributed by atoms with Crippen molar-refractivity contribution >= 4 is 38.4 Å². The van der Waals surface area contributed by atoms with Crippen LogP contribution in [0.2, 0.25) is 0 Å². The zero-order valence-electron chi connectivity index (χ0n) is 11.0. The van der Waals surface area contributed by atoms with Gasteiger partial charge in [-0.15, -0.1) is 12.4 Å². The average molecular weight is 388 g/mol. The maximum atomic E-state index is 13.7. The van der Waals surface area contributed by atoms with Gasteiger partial charge in [0.1, 0.15) is 10.7 Å². The van der Waals surface area contributed by atoms with Crippen LogP contribution in [0, 0.1) is 11.2 Å². The highest BCUT2D eigenvalue weighted by Crippen LogP contribution is 2.33. The van der Waals surface area contributed by atoms with Crippen molar-refractivity contribution in [2.45, 2.75) is 18.2 Å². The molecule has 0 saturated carbocycles. The van der Waals surface area contributed by atoms with E-state index in [4.69, 9.17) is 5.73 Å². The number of rotatable bonds is 3. The van der Waals surface area contributed by atoms with Crippen molar-refractivity contribution in [2.75, 3.05) is 19.6 Å². The minimum atomic E-state index is -3.80. The SMILES string of the molecule is CC1(CN)CCN(S(=O)(=O)c2cc(Br)ccc2F)C1.Cl. The third-order valence-corrected chi connectivity index (χ3v) is 5.88. The van der Waals surface area contributed by atoms with Gasteiger partial charge in [-0.3, -0.25) is 0 Å². The van der Waals surface area contributed by atoms with Gasteiger partial charge in [0, 0.05) is 17.6 Å². The van der Waals surface area contributed by atoms with Crippen LogP contribution in [0.5, 0.6) is 0 Å². The van der Waals surface area contributed by atoms with Gasteiger partial charge in [0.2, 0.25) is 10.0 Å². The van der Waals surface area contributed by atoms with Crippen molar-refractivity contribution < 1.29 is 12.8 Å². The van der Waals surface area contributed by atoms with Crippen LogP contribution in [0.15, 0.2) is 27.6 Å². The molecule has 1 aliphatic heterocycles. The van der Waals surface area contributed by atoms with E-state index in [0.717, 1.165) is 6.07 Å². The Kier molecular flexibility index (Phi) is 5.60. The first kappa shape index (κ1) is 17.8. The highest BCUT2D eigenvalue weighted by Gasteiger charge is 2.39. The van der Waals surface area contributed by atoms with E-state index in [1.54, 1.807) is 0 Å². The van der Waals surface area contributed by atoms with Gasteiger partial charge in [0.25, 0.3) is 0 Å². The highest BCUT2D eigenvalue weighted by molar-refractivity contribution is 9.10. The van der Waals surface area contributed by atoms with Gasteiger partial charge >= 0.3 is 0 Å². The minimum Gasteiger partial charge on any atom is -0.330 e. The molecule has 0 bridgehead atoms. The topological polar surface area (TPSA) is 63.4 Å². The molecule has 1 atom stereocenters. The van der Waals surface area contributed by atoms with Crippen LogP contribution in [0.3, 0.4) is 0 Å². The van der Waals surface area contributed by atoms with Gasteiger partial charge in [0.15, 0.2) is 0 Å². The van der Waals surface area contributed by atoms with Crippen LogP contribution in [0.25, 0.3) is 0 Å². The van der Waals surface area contributed by atoms with Gasteiger partial charge < -0.3 is 5.73 Å². The zero-order chi connectivity index (χ0) is 14.3. The maximum Gasteiger partial charge on any atom is 0.246 e. The standard InChI is InChI=1S/C12H16BrFN2O2S.ClH/c1-12(7-15)4-5-16(8-12)19(17,18)11-6-9(13)2-3-10(11)14;/h2-3,6H,4-5,7-8,15H2,1H3;1H. The molecule has 1 fully saturated rings. The summed E-state index contributed by atoms with van der Waals surface area (Å²) in [5.41, 5.74) is 5.44. The Morgan fingerprint density at radius 3 is 2.70 bits per heavy atom. The van der Waals surface area contributed by atoms with E-state index < -0.39 is 15.8 Å². The molecule has 4 nitrogen and oxygen atoms in total. The molecule has 0 aliphatic carbocycles. The van der Waals surface area contributed by atoms with E-state index in [1.165, 1.54) is 16.4 Å². The van der Waals surface area contributed by atoms with Crippen LogP contribution in [-0.4, -0.2) is 32.4 Å². The molecular weight excluding hydrogens is 371 g/mol. The fraction of sp³-hybridized carbons (Fsp3) is 0.500. The predicted molar refractivity (Wildman–Crippen MR) is 81.9 cm³/mol. The lowest BCUT2D eigenvalue weighted by Gasteiger charge is -2.22. The number of nitrogens with zero attached hydrogens (tertiary/aromatic N) is 1. The fourth-order valence-corrected chi connectivity index (χ4v) is 4.36. The van der Waals surface area contributed by atoms with Gasteiger partial charge in [-0.2, -0.15) is 4.31 Å². The number of hydrogen-bond acceptors (Lipinski definition) is 3. The largest absolute Gasteiger partial charge is 0.330 e. The van der Waals surface area contributed by atoms with Crippen molar-refractivity contribution in [1.82, 2.24) is 4.31 Å². The Balaban J connectivity index is 0.00000200. The van der Waals surface area contributed by atoms with E-state index in [0.29, 0.717) is 30.5 Å². The van der Waals surface area contributed by atoms with Crippen molar-refractivity contribution in [2.24, 2.45) is 11.1 Å². The summed E-state index contributed by atoms with van der Waals surface area (Å²) in [6.45, 7) is 3.07. The van der Waals surface area contributed by atoms with Gasteiger partial charge in [-0.1, -0.05) is 22.9 Å². The summed E-state index contributed by atoms with van der Waals surface area (Å²) >= 11 is 3.16. The van der Waals surface area contributed by atoms with Crippen molar-refractivity contribution in [3.8, 4) is 0 Å². The Hall–Kier alpha value is -0.210. The van der Waals surface area contributed by atoms with Crippen LogP contribution >= 0.6 is 28.3 Å². The molecule has 1 aromatic carbocycles. The molecule has 114 valence electrons. The molecular formula is C12H17BrClFN2O2S. The Bertz CT molecular complexity index is 599. The summed E-state index contributed by atoms with van der Waals surface area (Å²) < 4.78 is 40.5. The lowest BCUT2D eigenvalue weighted by Crippen LogP contribution is -2.34. The molecule has 8 heteroatoms. The van der Waals surface area contributed by atoms with E-state index in [2.05, 4.69) is 15.9 Å². The van der Waals surface area contributed by atoms with E-state index >= 15 is 0 Å². The first-order valence-electron chi connectivity index (χ1n) is 5.94. The average Bonchev–Trinajstić information content (AvgIpc) is 2.76. The second-order valence-corrected chi connectivity index (χ2v) is 8.00. The number of benzene rings is 1. The summed E-state index contributed by atoms with van der Waals surface area (Å²) in [6.07, 6.45) is 0.693. The van der Waals surface area contributed by atoms with E-state index in [1.807, 2.05) is 6.92 Å². The van der Waals surface area contributed by atoms with Crippen LogP contribution in [0.4, 0.5) is 4.39 Å². The molecule has 1 saturated heterocycles. The third kappa shape index (κ3) is 3.33. The molecule has 20 heavy (non-hydrogen) atoms. The molecule has 0 amide bonds. The van der Waals surface area contributed by atoms with E-state index in [-0.39, 0.29) is 22.7 Å². The summed E-state index contributed by atoms with van der Waals surface area (Å²) in [4.78, 5) is -0.289. The summed E-state index contributed by atoms with van der Waals surface area (Å²) in [7, 11) is -3.80. The molecule has 2 N–H and O–H groups in total. The maximum absolute atomic E-state index is 13.7. The summed E-state index contributed by atoms with van der Waals surface area (Å²) in [5, 5.41) is 0. The Morgan fingerprint density at radius 2 is 2.15 bits per heavy atom. The van der Waals surface area contributed by atoms with Crippen LogP contribution in [-0.2, 0) is 10.0 Å². The first-order chi connectivity index (χ1) is 8.78. The fourth-order valence-electron chi connectivity index (χ4n) is 2.16. The second kappa shape index (κ2) is 6.27. The molecule has 0 spiro atoms. The molecule has 0 radical (unpaired) electrons. The number of nitrogens with two attached hydrogens (primary N) is 1. The van der Waals surface area contributed by atoms with Crippen LogP contribution < -0.4 is 5.73 Å². The number of halogens is 3. The normalized spacial score (nSPS) is 23.6. The first-order valence-corrected chi connectivity index (χ1v) is 8.17. The number of hydrogen-bond donors (Lipinski definition) is 1. The van der Waals surface area contributed by atoms with Gasteiger partial charge in [-0.05, 0) is 36.6 Å². The summed E-state index contributed by atoms with van der Waals surface area (Å²) in [6, 6.07) is 3.92. The van der Waals surface area contributed by atoms with Crippen molar-refractivity contribution in [1.29, 1.82) is 0 Å².